The van der Waals surface area contributed by atoms with Crippen LogP contribution in [0.5, 0.6) is 5.75 Å². The molecule has 1 aromatic carbocycles. The molecule has 1 saturated heterocycles. The van der Waals surface area contributed by atoms with E-state index in [2.05, 4.69) is 5.10 Å². The molecule has 29 heavy (non-hydrogen) atoms. The van der Waals surface area contributed by atoms with Gasteiger partial charge in [-0.1, -0.05) is 0 Å². The number of alkyl halides is 3. The molecule has 6 nitrogen and oxygen atoms in total. The summed E-state index contributed by atoms with van der Waals surface area (Å²) in [5.74, 6) is -1.59. The monoisotopic (exact) mass is 415 g/mol. The maximum Gasteiger partial charge on any atom is 0.426 e. The zero-order chi connectivity index (χ0) is 21.4. The number of piperidine rings is 1. The van der Waals surface area contributed by atoms with Gasteiger partial charge in [-0.25, -0.2) is 9.07 Å². The van der Waals surface area contributed by atoms with Gasteiger partial charge in [0.05, 0.1) is 7.11 Å². The van der Waals surface area contributed by atoms with Gasteiger partial charge in [0, 0.05) is 37.0 Å². The second-order valence-corrected chi connectivity index (χ2v) is 7.12. The van der Waals surface area contributed by atoms with Crippen molar-refractivity contribution in [3.05, 3.63) is 42.0 Å². The average Bonchev–Trinajstić information content (AvgIpc) is 3.16. The fraction of sp³-hybridized carbons (Fsp3) is 0.474. The third-order valence-corrected chi connectivity index (χ3v) is 5.21. The summed E-state index contributed by atoms with van der Waals surface area (Å²) in [5, 5.41) is 13.9. The first kappa shape index (κ1) is 21.1. The van der Waals surface area contributed by atoms with E-state index in [4.69, 9.17) is 4.74 Å². The lowest BCUT2D eigenvalue weighted by Gasteiger charge is -2.36. The van der Waals surface area contributed by atoms with Gasteiger partial charge in [-0.15, -0.1) is 0 Å². The standard InChI is InChI=1S/C19H21F4N3O3/c1-18(28,19(21,22)23)17(27)25-9-6-12(7-10-25)14-5-8-24-26(14)15-4-3-13(20)11-16(15)29-2/h3-5,8,11-12,28H,6-7,9-10H2,1-2H3. The van der Waals surface area contributed by atoms with Crippen molar-refractivity contribution in [1.29, 1.82) is 0 Å². The zero-order valence-corrected chi connectivity index (χ0v) is 15.9. The molecule has 1 fully saturated rings. The van der Waals surface area contributed by atoms with E-state index < -0.39 is 23.5 Å². The van der Waals surface area contributed by atoms with Gasteiger partial charge in [0.2, 0.25) is 5.60 Å². The molecule has 1 aromatic heterocycles. The number of benzene rings is 1. The van der Waals surface area contributed by atoms with Gasteiger partial charge < -0.3 is 14.7 Å². The van der Waals surface area contributed by atoms with E-state index in [1.54, 1.807) is 16.9 Å². The minimum atomic E-state index is -5.04. The summed E-state index contributed by atoms with van der Waals surface area (Å²) in [5.41, 5.74) is -2.10. The third-order valence-electron chi connectivity index (χ3n) is 5.21. The van der Waals surface area contributed by atoms with Crippen molar-refractivity contribution in [2.24, 2.45) is 0 Å². The number of hydrogen-bond acceptors (Lipinski definition) is 4. The summed E-state index contributed by atoms with van der Waals surface area (Å²) >= 11 is 0. The van der Waals surface area contributed by atoms with E-state index in [0.717, 1.165) is 10.6 Å². The largest absolute Gasteiger partial charge is 0.494 e. The predicted molar refractivity (Wildman–Crippen MR) is 95.3 cm³/mol. The lowest BCUT2D eigenvalue weighted by Crippen LogP contribution is -2.57. The maximum atomic E-state index is 13.5. The molecule has 3 rings (SSSR count). The molecule has 1 amide bonds. The summed E-state index contributed by atoms with van der Waals surface area (Å²) in [7, 11) is 1.41. The fourth-order valence-corrected chi connectivity index (χ4v) is 3.46. The zero-order valence-electron chi connectivity index (χ0n) is 15.9. The van der Waals surface area contributed by atoms with Crippen molar-refractivity contribution in [2.45, 2.75) is 37.5 Å². The van der Waals surface area contributed by atoms with Crippen LogP contribution in [0.3, 0.4) is 0 Å². The Hall–Kier alpha value is -2.62. The number of ether oxygens (including phenoxy) is 1. The van der Waals surface area contributed by atoms with Gasteiger partial charge >= 0.3 is 6.18 Å². The Kier molecular flexibility index (Phi) is 5.57. The molecule has 1 unspecified atom stereocenters. The first-order valence-electron chi connectivity index (χ1n) is 9.02. The van der Waals surface area contributed by atoms with Crippen LogP contribution in [0.25, 0.3) is 5.69 Å². The van der Waals surface area contributed by atoms with E-state index in [1.165, 1.54) is 25.3 Å². The van der Waals surface area contributed by atoms with Crippen molar-refractivity contribution in [1.82, 2.24) is 14.7 Å². The molecule has 0 bridgehead atoms. The number of methoxy groups -OCH3 is 1. The number of halogens is 4. The second kappa shape index (κ2) is 7.66. The molecule has 158 valence electrons. The SMILES string of the molecule is COc1cc(F)ccc1-n1nccc1C1CCN(C(=O)C(C)(O)C(F)(F)F)CC1. The van der Waals surface area contributed by atoms with E-state index in [0.29, 0.717) is 31.2 Å². The average molecular weight is 415 g/mol. The number of nitrogens with zero attached hydrogens (tertiary/aromatic N) is 3. The maximum absolute atomic E-state index is 13.5. The molecule has 0 spiro atoms. The number of carbonyl (C=O) groups is 1. The summed E-state index contributed by atoms with van der Waals surface area (Å²) in [6, 6.07) is 5.83. The van der Waals surface area contributed by atoms with E-state index >= 15 is 0 Å². The van der Waals surface area contributed by atoms with Crippen LogP contribution in [0.2, 0.25) is 0 Å². The Bertz CT molecular complexity index is 887. The molecule has 1 aliphatic heterocycles. The number of hydrogen-bond donors (Lipinski definition) is 1. The Morgan fingerprint density at radius 1 is 1.24 bits per heavy atom. The minimum Gasteiger partial charge on any atom is -0.494 e. The fourth-order valence-electron chi connectivity index (χ4n) is 3.46. The van der Waals surface area contributed by atoms with E-state index in [1.807, 2.05) is 0 Å². The molecular weight excluding hydrogens is 394 g/mol. The number of likely N-dealkylation sites (tertiary alicyclic amines) is 1. The van der Waals surface area contributed by atoms with E-state index in [-0.39, 0.29) is 19.0 Å². The van der Waals surface area contributed by atoms with Gasteiger partial charge in [-0.2, -0.15) is 18.3 Å². The number of aliphatic hydroxyl groups is 1. The number of rotatable bonds is 4. The molecule has 0 saturated carbocycles. The summed E-state index contributed by atoms with van der Waals surface area (Å²) < 4.78 is 59.1. The van der Waals surface area contributed by atoms with Crippen molar-refractivity contribution in [2.75, 3.05) is 20.2 Å². The highest BCUT2D eigenvalue weighted by atomic mass is 19.4. The van der Waals surface area contributed by atoms with Crippen LogP contribution in [-0.4, -0.2) is 57.7 Å². The molecule has 1 atom stereocenters. The van der Waals surface area contributed by atoms with Crippen LogP contribution < -0.4 is 4.74 Å². The van der Waals surface area contributed by atoms with Crippen LogP contribution in [0.4, 0.5) is 17.6 Å². The molecule has 1 aliphatic rings. The Morgan fingerprint density at radius 3 is 2.48 bits per heavy atom. The van der Waals surface area contributed by atoms with Gasteiger partial charge in [0.15, 0.2) is 0 Å². The summed E-state index contributed by atoms with van der Waals surface area (Å²) in [6.45, 7) is 0.611. The van der Waals surface area contributed by atoms with Crippen molar-refractivity contribution in [3.8, 4) is 11.4 Å². The van der Waals surface area contributed by atoms with Gasteiger partial charge in [0.1, 0.15) is 17.3 Å². The topological polar surface area (TPSA) is 67.6 Å². The van der Waals surface area contributed by atoms with Crippen LogP contribution in [0, 0.1) is 5.82 Å². The van der Waals surface area contributed by atoms with Crippen molar-refractivity contribution < 1.29 is 32.2 Å². The first-order valence-corrected chi connectivity index (χ1v) is 9.02. The van der Waals surface area contributed by atoms with Gasteiger partial charge in [0.25, 0.3) is 5.91 Å². The Labute approximate surface area is 164 Å². The van der Waals surface area contributed by atoms with Crippen LogP contribution >= 0.6 is 0 Å². The van der Waals surface area contributed by atoms with Crippen molar-refractivity contribution >= 4 is 5.91 Å². The summed E-state index contributed by atoms with van der Waals surface area (Å²) in [6.07, 6.45) is -2.67. The first-order chi connectivity index (χ1) is 13.6. The lowest BCUT2D eigenvalue weighted by atomic mass is 9.92. The molecule has 2 aromatic rings. The molecular formula is C19H21F4N3O3. The van der Waals surface area contributed by atoms with Crippen molar-refractivity contribution in [3.63, 3.8) is 0 Å². The quantitative estimate of drug-likeness (QED) is 0.780. The number of aromatic nitrogens is 2. The molecule has 0 radical (unpaired) electrons. The van der Waals surface area contributed by atoms with Crippen LogP contribution in [0.15, 0.2) is 30.5 Å². The molecule has 1 N–H and O–H groups in total. The van der Waals surface area contributed by atoms with Gasteiger partial charge in [-0.3, -0.25) is 4.79 Å². The third kappa shape index (κ3) is 3.93. The lowest BCUT2D eigenvalue weighted by molar-refractivity contribution is -0.250. The molecule has 0 aliphatic carbocycles. The van der Waals surface area contributed by atoms with Gasteiger partial charge in [-0.05, 0) is 38.0 Å². The smallest absolute Gasteiger partial charge is 0.426 e. The molecule has 2 heterocycles. The normalized spacial score (nSPS) is 17.8. The second-order valence-electron chi connectivity index (χ2n) is 7.12. The highest BCUT2D eigenvalue weighted by molar-refractivity contribution is 5.85. The highest BCUT2D eigenvalue weighted by Crippen LogP contribution is 2.35. The molecule has 10 heteroatoms. The Morgan fingerprint density at radius 2 is 1.90 bits per heavy atom. The highest BCUT2D eigenvalue weighted by Gasteiger charge is 2.57. The van der Waals surface area contributed by atoms with Crippen LogP contribution in [0.1, 0.15) is 31.4 Å². The van der Waals surface area contributed by atoms with E-state index in [9.17, 15) is 27.5 Å². The Balaban J connectivity index is 1.77. The predicted octanol–water partition coefficient (Wildman–Crippen LogP) is 3.04. The van der Waals surface area contributed by atoms with Crippen LogP contribution in [-0.2, 0) is 4.79 Å². The summed E-state index contributed by atoms with van der Waals surface area (Å²) in [4.78, 5) is 13.2. The number of amides is 1. The minimum absolute atomic E-state index is 0.0709. The number of carbonyl (C=O) groups excluding carboxylic acids is 1.